The van der Waals surface area contributed by atoms with Gasteiger partial charge in [-0.15, -0.1) is 0 Å². The van der Waals surface area contributed by atoms with Crippen molar-refractivity contribution in [2.24, 2.45) is 0 Å². The second kappa shape index (κ2) is 28.2. The van der Waals surface area contributed by atoms with Gasteiger partial charge in [-0.05, 0) is 240 Å². The first-order valence-electron chi connectivity index (χ1n) is 24.6. The summed E-state index contributed by atoms with van der Waals surface area (Å²) in [6.07, 6.45) is 0. The van der Waals surface area contributed by atoms with Gasteiger partial charge in [0.25, 0.3) is 0 Å². The molecule has 0 amide bonds. The highest BCUT2D eigenvalue weighted by Crippen LogP contribution is 2.09. The summed E-state index contributed by atoms with van der Waals surface area (Å²) in [4.78, 5) is 0. The molecule has 16 bridgehead atoms. The van der Waals surface area contributed by atoms with E-state index in [4.69, 9.17) is 0 Å². The van der Waals surface area contributed by atoms with Crippen LogP contribution in [0.3, 0.4) is 0 Å². The molecule has 1 aliphatic carbocycles. The standard InChI is InChI=1S/C80H32/c1-2-26-66-42-18-44-68(58-66)28-5-6-30-70-46-20-48-72(60-70)32-9-10-34-74-50-22-52-76(62-74)36-13-14-38-78-54-24-56-80(64-78)40-16-15-39-79-55-23-53-77(63-79)37-12-11-35-75-51-21-49-73(61-75)33-8-7-31-71-47-19-45-69(59-71)29-4-3-27-67-43-17-41-65(25-1)57-67/h17-24,41-64H. The zero-order chi connectivity index (χ0) is 54.5. The van der Waals surface area contributed by atoms with E-state index >= 15 is 0 Å². The molecule has 0 fully saturated rings. The quantitative estimate of drug-likeness (QED) is 0.133. The molecule has 8 aromatic carbocycles. The first-order valence-corrected chi connectivity index (χ1v) is 24.6. The van der Waals surface area contributed by atoms with E-state index in [2.05, 4.69) is 189 Å². The molecule has 0 radical (unpaired) electrons. The van der Waals surface area contributed by atoms with E-state index in [0.717, 1.165) is 89.0 Å². The lowest BCUT2D eigenvalue weighted by Crippen LogP contribution is -1.79. The van der Waals surface area contributed by atoms with Crippen LogP contribution in [0.4, 0.5) is 0 Å². The maximum Gasteiger partial charge on any atom is 0.0267 e. The first kappa shape index (κ1) is 51.6. The number of benzene rings is 8. The zero-order valence-electron chi connectivity index (χ0n) is 42.5. The Morgan fingerprint density at radius 2 is 0.188 bits per heavy atom. The lowest BCUT2D eigenvalue weighted by molar-refractivity contribution is 1.59. The highest BCUT2D eigenvalue weighted by Gasteiger charge is 1.96. The minimum absolute atomic E-state index is 0.792. The van der Waals surface area contributed by atoms with Gasteiger partial charge < -0.3 is 0 Å². The summed E-state index contributed by atoms with van der Waals surface area (Å²) < 4.78 is 0. The molecule has 0 heterocycles. The maximum atomic E-state index is 3.11. The van der Waals surface area contributed by atoms with Gasteiger partial charge >= 0.3 is 0 Å². The van der Waals surface area contributed by atoms with Crippen molar-refractivity contribution in [1.29, 1.82) is 0 Å². The van der Waals surface area contributed by atoms with Gasteiger partial charge in [0.15, 0.2) is 0 Å². The molecule has 8 aromatic rings. The fourth-order valence-electron chi connectivity index (χ4n) is 7.05. The molecule has 0 nitrogen and oxygen atoms in total. The Morgan fingerprint density at radius 3 is 0.263 bits per heavy atom. The Hall–Kier alpha value is -13.3. The topological polar surface area (TPSA) is 0 Å². The minimum atomic E-state index is 0.792. The molecule has 0 saturated carbocycles. The van der Waals surface area contributed by atoms with Crippen molar-refractivity contribution in [2.75, 3.05) is 0 Å². The molecule has 352 valence electrons. The number of hydrogen-bond acceptors (Lipinski definition) is 0. The summed E-state index contributed by atoms with van der Waals surface area (Å²) in [5, 5.41) is 0. The minimum Gasteiger partial charge on any atom is -0.0598 e. The number of fused-ring (bicyclic) bond motifs is 16. The monoisotopic (exact) mass is 992 g/mol. The SMILES string of the molecule is C1#Cc2cccc(c2)C#CC#Cc2cccc(c2)C#CC#Cc2cccc(c2)C#CC#Cc2cccc(c2)C#CC#Cc2cccc(c2)C#CC#Cc2cccc(c2)C#CC#Cc2cccc(c2)C#CC#Cc2cccc(c2)C#C1. The van der Waals surface area contributed by atoms with Crippen LogP contribution in [0.2, 0.25) is 0 Å². The van der Waals surface area contributed by atoms with Crippen LogP contribution in [-0.4, -0.2) is 0 Å². The normalized spacial score (nSPS) is 10.0. The predicted octanol–water partition coefficient (Wildman–Crippen LogP) is 11.2. The molecule has 1 aliphatic rings. The third-order valence-corrected chi connectivity index (χ3v) is 10.7. The zero-order valence-corrected chi connectivity index (χ0v) is 42.5. The van der Waals surface area contributed by atoms with E-state index in [1.807, 2.05) is 194 Å². The van der Waals surface area contributed by atoms with Crippen LogP contribution in [0.25, 0.3) is 0 Å². The van der Waals surface area contributed by atoms with Crippen molar-refractivity contribution in [3.63, 3.8) is 0 Å². The first-order chi connectivity index (χ1) is 39.6. The Kier molecular flexibility index (Phi) is 18.2. The molecule has 9 rings (SSSR count). The molecule has 0 heteroatoms. The second-order valence-corrected chi connectivity index (χ2v) is 16.6. The summed E-state index contributed by atoms with van der Waals surface area (Å²) in [5.74, 6) is 96.8. The van der Waals surface area contributed by atoms with Crippen molar-refractivity contribution < 1.29 is 0 Å². The predicted molar refractivity (Wildman–Crippen MR) is 322 cm³/mol. The number of hydrogen-bond donors (Lipinski definition) is 0. The van der Waals surface area contributed by atoms with Gasteiger partial charge in [0.05, 0.1) is 0 Å². The fraction of sp³-hybridized carbons (Fsp3) is 0. The van der Waals surface area contributed by atoms with Gasteiger partial charge in [0.2, 0.25) is 0 Å². The van der Waals surface area contributed by atoms with Gasteiger partial charge in [-0.2, -0.15) is 0 Å². The molecular formula is C80H32. The Bertz CT molecular complexity index is 3690. The summed E-state index contributed by atoms with van der Waals surface area (Å²) in [6, 6.07) is 61.1. The van der Waals surface area contributed by atoms with E-state index in [9.17, 15) is 0 Å². The van der Waals surface area contributed by atoms with Gasteiger partial charge in [-0.3, -0.25) is 0 Å². The van der Waals surface area contributed by atoms with E-state index in [1.54, 1.807) is 0 Å². The third-order valence-electron chi connectivity index (χ3n) is 10.7. The van der Waals surface area contributed by atoms with Crippen LogP contribution in [0.5, 0.6) is 0 Å². The van der Waals surface area contributed by atoms with Crippen molar-refractivity contribution >= 4 is 0 Å². The van der Waals surface area contributed by atoms with Gasteiger partial charge in [-0.1, -0.05) is 143 Å². The smallest absolute Gasteiger partial charge is 0.0267 e. The van der Waals surface area contributed by atoms with Crippen molar-refractivity contribution in [2.45, 2.75) is 0 Å². The Morgan fingerprint density at radius 1 is 0.113 bits per heavy atom. The van der Waals surface area contributed by atoms with Crippen LogP contribution in [0.1, 0.15) is 89.0 Å². The van der Waals surface area contributed by atoms with Crippen LogP contribution in [0.15, 0.2) is 194 Å². The fourth-order valence-corrected chi connectivity index (χ4v) is 7.05. The van der Waals surface area contributed by atoms with Crippen molar-refractivity contribution in [1.82, 2.24) is 0 Å². The molecule has 0 aromatic heterocycles. The summed E-state index contributed by atoms with van der Waals surface area (Å²) in [6.45, 7) is 0. The molecular weight excluding hydrogens is 961 g/mol. The average Bonchev–Trinajstić information content (AvgIpc) is 3.49. The van der Waals surface area contributed by atoms with Crippen LogP contribution in [0, 0.1) is 189 Å². The molecule has 80 heavy (non-hydrogen) atoms. The van der Waals surface area contributed by atoms with E-state index < -0.39 is 0 Å². The molecule has 0 N–H and O–H groups in total. The van der Waals surface area contributed by atoms with Gasteiger partial charge in [-0.25, -0.2) is 0 Å². The largest absolute Gasteiger partial charge is 0.0598 e. The lowest BCUT2D eigenvalue weighted by Gasteiger charge is -1.92. The summed E-state index contributed by atoms with van der Waals surface area (Å²) in [7, 11) is 0. The van der Waals surface area contributed by atoms with Crippen LogP contribution < -0.4 is 0 Å². The average molecular weight is 993 g/mol. The highest BCUT2D eigenvalue weighted by atomic mass is 14.0. The van der Waals surface area contributed by atoms with Gasteiger partial charge in [0, 0.05) is 89.0 Å². The maximum absolute atomic E-state index is 3.11. The molecule has 0 spiro atoms. The van der Waals surface area contributed by atoms with Gasteiger partial charge in [0.1, 0.15) is 0 Å². The molecule has 0 atom stereocenters. The molecule has 0 aliphatic heterocycles. The van der Waals surface area contributed by atoms with Crippen LogP contribution >= 0.6 is 0 Å². The van der Waals surface area contributed by atoms with E-state index in [1.165, 1.54) is 0 Å². The van der Waals surface area contributed by atoms with E-state index in [-0.39, 0.29) is 0 Å². The van der Waals surface area contributed by atoms with Crippen LogP contribution in [-0.2, 0) is 0 Å². The second-order valence-electron chi connectivity index (χ2n) is 16.6. The summed E-state index contributed by atoms with van der Waals surface area (Å²) in [5.41, 5.74) is 12.7. The lowest BCUT2D eigenvalue weighted by atomic mass is 10.1. The summed E-state index contributed by atoms with van der Waals surface area (Å²) >= 11 is 0. The molecule has 0 unspecified atom stereocenters. The number of rotatable bonds is 0. The Balaban J connectivity index is 0.934. The third kappa shape index (κ3) is 17.4. The Labute approximate surface area is 469 Å². The highest BCUT2D eigenvalue weighted by molar-refractivity contribution is 5.57. The van der Waals surface area contributed by atoms with Crippen molar-refractivity contribution in [3.05, 3.63) is 283 Å². The molecule has 0 saturated heterocycles. The van der Waals surface area contributed by atoms with Crippen molar-refractivity contribution in [3.8, 4) is 189 Å². The van der Waals surface area contributed by atoms with E-state index in [0.29, 0.717) is 0 Å².